The Hall–Kier alpha value is -5.44. The van der Waals surface area contributed by atoms with Gasteiger partial charge in [0.1, 0.15) is 5.56 Å². The molecule has 0 aromatic heterocycles. The minimum Gasteiger partial charge on any atom is -0.454 e. The summed E-state index contributed by atoms with van der Waals surface area (Å²) in [6, 6.07) is 25.9. The summed E-state index contributed by atoms with van der Waals surface area (Å²) < 4.78 is 5.15. The normalized spacial score (nSPS) is 12.3. The molecule has 0 saturated carbocycles. The Bertz CT molecular complexity index is 1590. The molecule has 0 spiro atoms. The molecule has 9 nitrogen and oxygen atoms in total. The van der Waals surface area contributed by atoms with E-state index < -0.39 is 35.0 Å². The molecule has 4 aromatic rings. The fourth-order valence-electron chi connectivity index (χ4n) is 4.18. The van der Waals surface area contributed by atoms with E-state index in [0.29, 0.717) is 5.56 Å². The number of carbonyl (C=O) groups is 4. The fraction of sp³-hybridized carbons (Fsp3) is 0.0345. The van der Waals surface area contributed by atoms with Crippen LogP contribution in [0.25, 0.3) is 11.1 Å². The lowest BCUT2D eigenvalue weighted by molar-refractivity contribution is -0.385. The summed E-state index contributed by atoms with van der Waals surface area (Å²) in [6.45, 7) is -0.465. The van der Waals surface area contributed by atoms with Crippen LogP contribution in [-0.2, 0) is 4.74 Å². The van der Waals surface area contributed by atoms with Crippen molar-refractivity contribution < 1.29 is 28.8 Å². The third-order valence-corrected chi connectivity index (χ3v) is 6.10. The number of benzene rings is 4. The van der Waals surface area contributed by atoms with Crippen LogP contribution in [0.4, 0.5) is 11.4 Å². The summed E-state index contributed by atoms with van der Waals surface area (Å²) in [4.78, 5) is 62.0. The predicted molar refractivity (Wildman–Crippen MR) is 137 cm³/mol. The van der Waals surface area contributed by atoms with E-state index >= 15 is 0 Å². The van der Waals surface area contributed by atoms with Gasteiger partial charge >= 0.3 is 5.97 Å². The van der Waals surface area contributed by atoms with E-state index in [1.165, 1.54) is 36.4 Å². The van der Waals surface area contributed by atoms with Crippen molar-refractivity contribution in [3.05, 3.63) is 129 Å². The van der Waals surface area contributed by atoms with Crippen LogP contribution in [0.2, 0.25) is 0 Å². The molecule has 1 heterocycles. The van der Waals surface area contributed by atoms with E-state index in [0.717, 1.165) is 22.1 Å². The van der Waals surface area contributed by atoms with Crippen molar-refractivity contribution in [3.8, 4) is 11.1 Å². The highest BCUT2D eigenvalue weighted by Crippen LogP contribution is 2.34. The van der Waals surface area contributed by atoms with Gasteiger partial charge in [-0.3, -0.25) is 24.5 Å². The maximum atomic E-state index is 12.8. The summed E-state index contributed by atoms with van der Waals surface area (Å²) in [5.74, 6) is -2.66. The van der Waals surface area contributed by atoms with Crippen molar-refractivity contribution in [1.82, 2.24) is 0 Å². The van der Waals surface area contributed by atoms with E-state index in [9.17, 15) is 29.3 Å². The summed E-state index contributed by atoms with van der Waals surface area (Å²) >= 11 is 0. The molecule has 186 valence electrons. The second-order valence-electron chi connectivity index (χ2n) is 8.39. The zero-order valence-corrected chi connectivity index (χ0v) is 19.7. The van der Waals surface area contributed by atoms with Crippen molar-refractivity contribution in [3.63, 3.8) is 0 Å². The highest BCUT2D eigenvalue weighted by Gasteiger charge is 2.41. The third-order valence-electron chi connectivity index (χ3n) is 6.10. The van der Waals surface area contributed by atoms with Gasteiger partial charge in [-0.25, -0.2) is 9.69 Å². The number of ketones is 1. The number of amides is 2. The summed E-state index contributed by atoms with van der Waals surface area (Å²) in [5, 5.41) is 11.3. The molecular weight excluding hydrogens is 488 g/mol. The van der Waals surface area contributed by atoms with Crippen molar-refractivity contribution in [1.29, 1.82) is 0 Å². The number of nitrogens with zero attached hydrogens (tertiary/aromatic N) is 2. The Balaban J connectivity index is 1.24. The first kappa shape index (κ1) is 24.3. The summed E-state index contributed by atoms with van der Waals surface area (Å²) in [6.07, 6.45) is 0. The SMILES string of the molecule is O=C(COC(=O)c1ccc(N2C(=O)c3cccc([N+](=O)[O-])c3C2=O)cc1)c1ccc(-c2ccccc2)cc1. The van der Waals surface area contributed by atoms with Crippen LogP contribution in [0.15, 0.2) is 97.1 Å². The zero-order valence-electron chi connectivity index (χ0n) is 19.7. The Labute approximate surface area is 216 Å². The van der Waals surface area contributed by atoms with Crippen molar-refractivity contribution in [2.45, 2.75) is 0 Å². The molecule has 0 fully saturated rings. The molecule has 0 radical (unpaired) electrons. The molecule has 1 aliphatic heterocycles. The van der Waals surface area contributed by atoms with E-state index in [2.05, 4.69) is 0 Å². The third kappa shape index (κ3) is 4.44. The number of nitro groups is 1. The smallest absolute Gasteiger partial charge is 0.338 e. The molecule has 5 rings (SSSR count). The molecular formula is C29H18N2O7. The number of hydrogen-bond acceptors (Lipinski definition) is 7. The van der Waals surface area contributed by atoms with Gasteiger partial charge in [-0.05, 0) is 41.5 Å². The number of esters is 1. The van der Waals surface area contributed by atoms with Crippen molar-refractivity contribution in [2.24, 2.45) is 0 Å². The Morgan fingerprint density at radius 1 is 0.737 bits per heavy atom. The van der Waals surface area contributed by atoms with Gasteiger partial charge in [0.05, 0.1) is 21.7 Å². The van der Waals surface area contributed by atoms with E-state index in [-0.39, 0.29) is 28.2 Å². The molecule has 0 atom stereocenters. The lowest BCUT2D eigenvalue weighted by Crippen LogP contribution is -2.29. The van der Waals surface area contributed by atoms with Gasteiger partial charge in [-0.15, -0.1) is 0 Å². The van der Waals surface area contributed by atoms with Crippen molar-refractivity contribution in [2.75, 3.05) is 11.5 Å². The first-order valence-electron chi connectivity index (χ1n) is 11.5. The second-order valence-corrected chi connectivity index (χ2v) is 8.39. The number of ether oxygens (including phenoxy) is 1. The van der Waals surface area contributed by atoms with E-state index in [4.69, 9.17) is 4.74 Å². The van der Waals surface area contributed by atoms with Gasteiger partial charge in [-0.2, -0.15) is 0 Å². The number of anilines is 1. The van der Waals surface area contributed by atoms with E-state index in [1.54, 1.807) is 12.1 Å². The van der Waals surface area contributed by atoms with Crippen molar-refractivity contribution >= 4 is 34.9 Å². The maximum absolute atomic E-state index is 12.8. The first-order chi connectivity index (χ1) is 18.3. The molecule has 1 aliphatic rings. The molecule has 0 saturated heterocycles. The van der Waals surface area contributed by atoms with E-state index in [1.807, 2.05) is 42.5 Å². The van der Waals surface area contributed by atoms with Gasteiger partial charge in [0, 0.05) is 11.6 Å². The number of rotatable bonds is 7. The van der Waals surface area contributed by atoms with Crippen LogP contribution < -0.4 is 4.90 Å². The topological polar surface area (TPSA) is 124 Å². The molecule has 0 N–H and O–H groups in total. The highest BCUT2D eigenvalue weighted by atomic mass is 16.6. The first-order valence-corrected chi connectivity index (χ1v) is 11.5. The maximum Gasteiger partial charge on any atom is 0.338 e. The number of carbonyl (C=O) groups excluding carboxylic acids is 4. The average molecular weight is 506 g/mol. The molecule has 38 heavy (non-hydrogen) atoms. The second kappa shape index (κ2) is 9.90. The van der Waals surface area contributed by atoms with Crippen LogP contribution in [-0.4, -0.2) is 35.1 Å². The number of Topliss-reactive ketones (excluding diaryl/α,β-unsaturated/α-hetero) is 1. The molecule has 4 aromatic carbocycles. The monoisotopic (exact) mass is 506 g/mol. The lowest BCUT2D eigenvalue weighted by atomic mass is 10.0. The molecule has 9 heteroatoms. The zero-order chi connectivity index (χ0) is 26.8. The fourth-order valence-corrected chi connectivity index (χ4v) is 4.18. The van der Waals surface area contributed by atoms with Crippen LogP contribution >= 0.6 is 0 Å². The van der Waals surface area contributed by atoms with Gasteiger partial charge < -0.3 is 4.74 Å². The number of imide groups is 1. The average Bonchev–Trinajstić information content (AvgIpc) is 3.21. The minimum absolute atomic E-state index is 0.0667. The molecule has 2 amide bonds. The van der Waals surface area contributed by atoms with Crippen LogP contribution in [0.5, 0.6) is 0 Å². The minimum atomic E-state index is -0.823. The van der Waals surface area contributed by atoms with Crippen LogP contribution in [0, 0.1) is 10.1 Å². The number of hydrogen-bond donors (Lipinski definition) is 0. The molecule has 0 unspecified atom stereocenters. The highest BCUT2D eigenvalue weighted by molar-refractivity contribution is 6.35. The Morgan fingerprint density at radius 2 is 1.37 bits per heavy atom. The molecule has 0 bridgehead atoms. The van der Waals surface area contributed by atoms with Gasteiger partial charge in [0.25, 0.3) is 17.5 Å². The molecule has 0 aliphatic carbocycles. The predicted octanol–water partition coefficient (Wildman–Crippen LogP) is 5.10. The van der Waals surface area contributed by atoms with Gasteiger partial charge in [0.2, 0.25) is 0 Å². The Kier molecular flexibility index (Phi) is 6.32. The standard InChI is InChI=1S/C29H18N2O7/c32-25(20-11-9-19(10-12-20)18-5-2-1-3-6-18)17-38-29(35)21-13-15-22(16-14-21)30-27(33)23-7-4-8-24(31(36)37)26(23)28(30)34/h1-16H,17H2. The summed E-state index contributed by atoms with van der Waals surface area (Å²) in [7, 11) is 0. The summed E-state index contributed by atoms with van der Waals surface area (Å²) in [5.41, 5.74) is 1.80. The van der Waals surface area contributed by atoms with Crippen LogP contribution in [0.1, 0.15) is 41.4 Å². The van der Waals surface area contributed by atoms with Gasteiger partial charge in [0.15, 0.2) is 12.4 Å². The largest absolute Gasteiger partial charge is 0.454 e. The Morgan fingerprint density at radius 3 is 2.03 bits per heavy atom. The number of fused-ring (bicyclic) bond motifs is 1. The quantitative estimate of drug-likeness (QED) is 0.112. The number of nitro benzene ring substituents is 1. The lowest BCUT2D eigenvalue weighted by Gasteiger charge is -2.14. The van der Waals surface area contributed by atoms with Crippen LogP contribution in [0.3, 0.4) is 0 Å². The van der Waals surface area contributed by atoms with Gasteiger partial charge in [-0.1, -0.05) is 60.7 Å².